The molecule has 0 amide bonds. The van der Waals surface area contributed by atoms with Crippen LogP contribution in [0.4, 0.5) is 4.39 Å². The van der Waals surface area contributed by atoms with E-state index in [1.807, 2.05) is 13.8 Å². The Balaban J connectivity index is 2.47. The van der Waals surface area contributed by atoms with E-state index in [4.69, 9.17) is 28.9 Å². The van der Waals surface area contributed by atoms with E-state index < -0.39 is 11.4 Å². The number of benzene rings is 1. The number of hydrogen-bond acceptors (Lipinski definition) is 2. The summed E-state index contributed by atoms with van der Waals surface area (Å²) in [5.41, 5.74) is 6.66. The van der Waals surface area contributed by atoms with E-state index in [2.05, 4.69) is 9.97 Å². The average Bonchev–Trinajstić information content (AvgIpc) is 2.84. The summed E-state index contributed by atoms with van der Waals surface area (Å²) in [5.74, 6) is 0.111. The molecular formula is C13H14Cl2FN3. The molecule has 0 aliphatic carbocycles. The molecule has 1 unspecified atom stereocenters. The first-order valence-electron chi connectivity index (χ1n) is 5.84. The maximum absolute atomic E-state index is 13.5. The first-order chi connectivity index (χ1) is 8.85. The minimum absolute atomic E-state index is 0.00860. The van der Waals surface area contributed by atoms with Gasteiger partial charge in [-0.3, -0.25) is 0 Å². The number of rotatable bonds is 3. The van der Waals surface area contributed by atoms with Crippen molar-refractivity contribution in [1.29, 1.82) is 0 Å². The second-order valence-electron chi connectivity index (χ2n) is 4.66. The van der Waals surface area contributed by atoms with E-state index in [0.29, 0.717) is 22.1 Å². The van der Waals surface area contributed by atoms with Gasteiger partial charge in [-0.2, -0.15) is 0 Å². The summed E-state index contributed by atoms with van der Waals surface area (Å²) in [6, 6.07) is 2.65. The molecular weight excluding hydrogens is 288 g/mol. The third-order valence-corrected chi connectivity index (χ3v) is 3.75. The van der Waals surface area contributed by atoms with E-state index in [-0.39, 0.29) is 5.02 Å². The van der Waals surface area contributed by atoms with Gasteiger partial charge < -0.3 is 10.7 Å². The molecule has 1 atom stereocenters. The Labute approximate surface area is 120 Å². The summed E-state index contributed by atoms with van der Waals surface area (Å²) in [7, 11) is 0. The van der Waals surface area contributed by atoms with Gasteiger partial charge in [0, 0.05) is 5.56 Å². The summed E-state index contributed by atoms with van der Waals surface area (Å²) in [5, 5.41) is 0.350. The van der Waals surface area contributed by atoms with Gasteiger partial charge in [0.15, 0.2) is 0 Å². The Hall–Kier alpha value is -1.10. The highest BCUT2D eigenvalue weighted by Gasteiger charge is 2.23. The van der Waals surface area contributed by atoms with Crippen molar-refractivity contribution in [3.8, 4) is 11.3 Å². The van der Waals surface area contributed by atoms with Crippen molar-refractivity contribution < 1.29 is 4.39 Å². The van der Waals surface area contributed by atoms with Gasteiger partial charge >= 0.3 is 0 Å². The largest absolute Gasteiger partial charge is 0.340 e. The maximum atomic E-state index is 13.5. The number of H-pyrrole nitrogens is 1. The molecule has 0 aliphatic rings. The van der Waals surface area contributed by atoms with E-state index in [1.54, 1.807) is 6.20 Å². The third kappa shape index (κ3) is 2.76. The van der Waals surface area contributed by atoms with Crippen LogP contribution in [0.3, 0.4) is 0 Å². The third-order valence-electron chi connectivity index (χ3n) is 3.15. The summed E-state index contributed by atoms with van der Waals surface area (Å²) in [6.07, 6.45) is 2.31. The molecule has 19 heavy (non-hydrogen) atoms. The lowest BCUT2D eigenvalue weighted by Gasteiger charge is -2.19. The first kappa shape index (κ1) is 14.3. The molecule has 0 saturated carbocycles. The number of imidazole rings is 1. The zero-order valence-corrected chi connectivity index (χ0v) is 12.1. The van der Waals surface area contributed by atoms with Crippen LogP contribution in [-0.2, 0) is 5.54 Å². The Morgan fingerprint density at radius 3 is 2.68 bits per heavy atom. The molecule has 0 radical (unpaired) electrons. The van der Waals surface area contributed by atoms with E-state index in [9.17, 15) is 4.39 Å². The van der Waals surface area contributed by atoms with E-state index >= 15 is 0 Å². The summed E-state index contributed by atoms with van der Waals surface area (Å²) >= 11 is 11.7. The fourth-order valence-corrected chi connectivity index (χ4v) is 2.13. The fourth-order valence-electron chi connectivity index (χ4n) is 1.64. The number of nitrogens with one attached hydrogen (secondary N) is 1. The lowest BCUT2D eigenvalue weighted by molar-refractivity contribution is 0.450. The van der Waals surface area contributed by atoms with Crippen LogP contribution in [-0.4, -0.2) is 9.97 Å². The molecule has 102 valence electrons. The van der Waals surface area contributed by atoms with Crippen LogP contribution in [0, 0.1) is 5.82 Å². The molecule has 0 aliphatic heterocycles. The van der Waals surface area contributed by atoms with Crippen LogP contribution in [0.25, 0.3) is 11.3 Å². The predicted octanol–water partition coefficient (Wildman–Crippen LogP) is 4.11. The van der Waals surface area contributed by atoms with Crippen molar-refractivity contribution in [3.05, 3.63) is 40.0 Å². The molecule has 1 aromatic carbocycles. The number of aromatic nitrogens is 2. The predicted molar refractivity (Wildman–Crippen MR) is 75.8 cm³/mol. The topological polar surface area (TPSA) is 54.7 Å². The molecule has 3 nitrogen and oxygen atoms in total. The summed E-state index contributed by atoms with van der Waals surface area (Å²) in [6.45, 7) is 3.84. The lowest BCUT2D eigenvalue weighted by Crippen LogP contribution is -2.33. The van der Waals surface area contributed by atoms with Crippen LogP contribution in [0.1, 0.15) is 26.1 Å². The number of nitrogens with zero attached hydrogens (tertiary/aromatic N) is 1. The van der Waals surface area contributed by atoms with Crippen molar-refractivity contribution in [2.24, 2.45) is 5.73 Å². The number of aromatic amines is 1. The zero-order chi connectivity index (χ0) is 14.2. The van der Waals surface area contributed by atoms with Crippen molar-refractivity contribution in [2.75, 3.05) is 0 Å². The zero-order valence-electron chi connectivity index (χ0n) is 10.6. The molecule has 0 fully saturated rings. The van der Waals surface area contributed by atoms with Crippen LogP contribution in [0.15, 0.2) is 18.3 Å². The van der Waals surface area contributed by atoms with Gasteiger partial charge in [0.1, 0.15) is 11.6 Å². The quantitative estimate of drug-likeness (QED) is 0.838. The fraction of sp³-hybridized carbons (Fsp3) is 0.308. The normalized spacial score (nSPS) is 14.4. The van der Waals surface area contributed by atoms with Crippen molar-refractivity contribution >= 4 is 23.2 Å². The lowest BCUT2D eigenvalue weighted by atomic mass is 10.00. The van der Waals surface area contributed by atoms with E-state index in [0.717, 1.165) is 6.42 Å². The SMILES string of the molecule is CCC(C)(N)c1ncc(-c2cc(F)c(Cl)cc2Cl)[nH]1. The first-order valence-corrected chi connectivity index (χ1v) is 6.60. The maximum Gasteiger partial charge on any atom is 0.142 e. The van der Waals surface area contributed by atoms with Gasteiger partial charge in [-0.25, -0.2) is 9.37 Å². The second-order valence-corrected chi connectivity index (χ2v) is 5.48. The van der Waals surface area contributed by atoms with Crippen molar-refractivity contribution in [3.63, 3.8) is 0 Å². The molecule has 3 N–H and O–H groups in total. The molecule has 0 spiro atoms. The van der Waals surface area contributed by atoms with Gasteiger partial charge in [0.05, 0.1) is 27.5 Å². The summed E-state index contributed by atoms with van der Waals surface area (Å²) in [4.78, 5) is 7.31. The highest BCUT2D eigenvalue weighted by molar-refractivity contribution is 6.36. The minimum atomic E-state index is -0.560. The number of nitrogens with two attached hydrogens (primary N) is 1. The van der Waals surface area contributed by atoms with Crippen LogP contribution < -0.4 is 5.73 Å². The monoisotopic (exact) mass is 301 g/mol. The highest BCUT2D eigenvalue weighted by Crippen LogP contribution is 2.32. The van der Waals surface area contributed by atoms with Gasteiger partial charge in [0.25, 0.3) is 0 Å². The van der Waals surface area contributed by atoms with Gasteiger partial charge in [0.2, 0.25) is 0 Å². The van der Waals surface area contributed by atoms with Crippen LogP contribution in [0.5, 0.6) is 0 Å². The highest BCUT2D eigenvalue weighted by atomic mass is 35.5. The van der Waals surface area contributed by atoms with Gasteiger partial charge in [-0.05, 0) is 25.5 Å². The van der Waals surface area contributed by atoms with E-state index in [1.165, 1.54) is 12.1 Å². The van der Waals surface area contributed by atoms with Crippen LogP contribution in [0.2, 0.25) is 10.0 Å². The Morgan fingerprint density at radius 1 is 1.37 bits per heavy atom. The number of hydrogen-bond donors (Lipinski definition) is 2. The molecule has 1 aromatic heterocycles. The Bertz CT molecular complexity index is 608. The van der Waals surface area contributed by atoms with Gasteiger partial charge in [-0.1, -0.05) is 30.1 Å². The Kier molecular flexibility index (Phi) is 3.85. The van der Waals surface area contributed by atoms with Crippen molar-refractivity contribution in [1.82, 2.24) is 9.97 Å². The minimum Gasteiger partial charge on any atom is -0.340 e. The second kappa shape index (κ2) is 5.12. The Morgan fingerprint density at radius 2 is 2.05 bits per heavy atom. The van der Waals surface area contributed by atoms with Gasteiger partial charge in [-0.15, -0.1) is 0 Å². The molecule has 6 heteroatoms. The molecule has 0 saturated heterocycles. The standard InChI is InChI=1S/C13H14Cl2FN3/c1-3-13(2,17)12-18-6-11(19-12)7-4-10(16)9(15)5-8(7)14/h4-6H,3,17H2,1-2H3,(H,18,19). The smallest absolute Gasteiger partial charge is 0.142 e. The molecule has 2 aromatic rings. The van der Waals surface area contributed by atoms with Crippen LogP contribution >= 0.6 is 23.2 Å². The summed E-state index contributed by atoms with van der Waals surface area (Å²) < 4.78 is 13.5. The molecule has 0 bridgehead atoms. The molecule has 1 heterocycles. The molecule has 2 rings (SSSR count). The number of halogens is 3. The average molecular weight is 302 g/mol. The van der Waals surface area contributed by atoms with Crippen molar-refractivity contribution in [2.45, 2.75) is 25.8 Å².